The number of aliphatic hydroxyl groups excluding tert-OH is 1. The van der Waals surface area contributed by atoms with Crippen molar-refractivity contribution in [2.45, 2.75) is 19.3 Å². The molecule has 4 heterocycles. The van der Waals surface area contributed by atoms with Gasteiger partial charge in [0.05, 0.1) is 36.6 Å². The Bertz CT molecular complexity index is 1360. The van der Waals surface area contributed by atoms with E-state index in [1.807, 2.05) is 56.3 Å². The molecule has 35 heavy (non-hydrogen) atoms. The number of aromatic carboxylic acids is 1. The Balaban J connectivity index is 1.75. The Morgan fingerprint density at radius 2 is 1.86 bits per heavy atom. The molecule has 3 aromatic heterocycles. The van der Waals surface area contributed by atoms with Crippen LogP contribution in [-0.4, -0.2) is 68.8 Å². The number of carbonyl (C=O) groups is 1. The van der Waals surface area contributed by atoms with Crippen molar-refractivity contribution in [3.8, 4) is 16.8 Å². The summed E-state index contributed by atoms with van der Waals surface area (Å²) in [4.78, 5) is 23.3. The number of carboxylic acid groups (broad SMARTS) is 1. The molecule has 1 saturated heterocycles. The van der Waals surface area contributed by atoms with Crippen molar-refractivity contribution in [2.24, 2.45) is 0 Å². The first-order chi connectivity index (χ1) is 16.9. The van der Waals surface area contributed by atoms with E-state index in [9.17, 15) is 15.0 Å². The number of nitrogens with zero attached hydrogens (tertiary/aromatic N) is 5. The van der Waals surface area contributed by atoms with E-state index in [1.54, 1.807) is 16.9 Å². The first-order valence-electron chi connectivity index (χ1n) is 11.5. The zero-order valence-electron chi connectivity index (χ0n) is 19.7. The molecule has 0 saturated carbocycles. The topological polar surface area (TPSA) is 114 Å². The van der Waals surface area contributed by atoms with Gasteiger partial charge < -0.3 is 19.8 Å². The van der Waals surface area contributed by atoms with Gasteiger partial charge in [-0.15, -0.1) is 0 Å². The van der Waals surface area contributed by atoms with Crippen LogP contribution in [0.3, 0.4) is 0 Å². The van der Waals surface area contributed by atoms with Crippen LogP contribution in [0.25, 0.3) is 27.8 Å². The fourth-order valence-electron chi connectivity index (χ4n) is 4.28. The first kappa shape index (κ1) is 22.9. The smallest absolute Gasteiger partial charge is 0.354 e. The molecule has 180 valence electrons. The number of ether oxygens (including phenoxy) is 1. The minimum atomic E-state index is -1.13. The number of para-hydroxylation sites is 1. The normalized spacial score (nSPS) is 14.4. The number of morpholine rings is 1. The Labute approximate surface area is 202 Å². The van der Waals surface area contributed by atoms with Gasteiger partial charge in [0, 0.05) is 30.3 Å². The molecule has 0 spiro atoms. The molecule has 4 aromatic rings. The van der Waals surface area contributed by atoms with Crippen LogP contribution < -0.4 is 4.90 Å². The van der Waals surface area contributed by atoms with Crippen LogP contribution in [-0.2, 0) is 10.2 Å². The van der Waals surface area contributed by atoms with E-state index in [0.717, 1.165) is 30.2 Å². The predicted molar refractivity (Wildman–Crippen MR) is 132 cm³/mol. The molecule has 9 heteroatoms. The van der Waals surface area contributed by atoms with Crippen LogP contribution >= 0.6 is 0 Å². The van der Waals surface area contributed by atoms with Gasteiger partial charge in [-0.3, -0.25) is 0 Å². The maximum atomic E-state index is 12.0. The van der Waals surface area contributed by atoms with Gasteiger partial charge in [-0.25, -0.2) is 19.4 Å². The van der Waals surface area contributed by atoms with E-state index >= 15 is 0 Å². The van der Waals surface area contributed by atoms with Gasteiger partial charge in [0.2, 0.25) is 0 Å². The van der Waals surface area contributed by atoms with Gasteiger partial charge >= 0.3 is 5.97 Å². The van der Waals surface area contributed by atoms with Gasteiger partial charge in [0.1, 0.15) is 5.82 Å². The Morgan fingerprint density at radius 1 is 1.11 bits per heavy atom. The number of aromatic nitrogens is 4. The second-order valence-corrected chi connectivity index (χ2v) is 9.20. The number of rotatable bonds is 6. The lowest BCUT2D eigenvalue weighted by atomic mass is 9.86. The van der Waals surface area contributed by atoms with Crippen LogP contribution in [0.2, 0.25) is 0 Å². The van der Waals surface area contributed by atoms with Crippen molar-refractivity contribution in [3.63, 3.8) is 0 Å². The third kappa shape index (κ3) is 4.24. The van der Waals surface area contributed by atoms with Crippen LogP contribution in [0.4, 0.5) is 5.82 Å². The summed E-state index contributed by atoms with van der Waals surface area (Å²) in [5.41, 5.74) is 2.43. The average molecular weight is 474 g/mol. The molecule has 9 nitrogen and oxygen atoms in total. The molecular formula is C26H27N5O4. The average Bonchev–Trinajstić information content (AvgIpc) is 3.30. The minimum absolute atomic E-state index is 0.0878. The fourth-order valence-corrected chi connectivity index (χ4v) is 4.28. The van der Waals surface area contributed by atoms with E-state index in [1.165, 1.54) is 0 Å². The lowest BCUT2D eigenvalue weighted by Crippen LogP contribution is -2.36. The highest BCUT2D eigenvalue weighted by atomic mass is 16.5. The molecule has 1 fully saturated rings. The summed E-state index contributed by atoms with van der Waals surface area (Å²) >= 11 is 0. The summed E-state index contributed by atoms with van der Waals surface area (Å²) < 4.78 is 7.08. The largest absolute Gasteiger partial charge is 0.477 e. The SMILES string of the molecule is CC(C)(CO)c1nn(-c2ccccc2)c2nc(C(=O)O)cc(-c3ccc(N4CCOCC4)nc3)c12. The molecular weight excluding hydrogens is 446 g/mol. The molecule has 1 aliphatic heterocycles. The van der Waals surface area contributed by atoms with E-state index in [-0.39, 0.29) is 12.3 Å². The maximum Gasteiger partial charge on any atom is 0.354 e. The summed E-state index contributed by atoms with van der Waals surface area (Å²) in [6.07, 6.45) is 1.75. The summed E-state index contributed by atoms with van der Waals surface area (Å²) in [5.74, 6) is -0.286. The van der Waals surface area contributed by atoms with Gasteiger partial charge in [0.25, 0.3) is 0 Å². The van der Waals surface area contributed by atoms with Crippen LogP contribution in [0.15, 0.2) is 54.7 Å². The third-order valence-electron chi connectivity index (χ3n) is 6.29. The van der Waals surface area contributed by atoms with Gasteiger partial charge in [0.15, 0.2) is 11.3 Å². The number of anilines is 1. The molecule has 5 rings (SSSR count). The molecule has 2 N–H and O–H groups in total. The lowest BCUT2D eigenvalue weighted by Gasteiger charge is -2.27. The molecule has 0 atom stereocenters. The van der Waals surface area contributed by atoms with Crippen molar-refractivity contribution in [2.75, 3.05) is 37.8 Å². The van der Waals surface area contributed by atoms with Crippen LogP contribution in [0.1, 0.15) is 30.0 Å². The van der Waals surface area contributed by atoms with Crippen molar-refractivity contribution in [1.29, 1.82) is 0 Å². The molecule has 0 radical (unpaired) electrons. The monoisotopic (exact) mass is 473 g/mol. The van der Waals surface area contributed by atoms with E-state index in [4.69, 9.17) is 9.84 Å². The minimum Gasteiger partial charge on any atom is -0.477 e. The molecule has 0 aliphatic carbocycles. The van der Waals surface area contributed by atoms with Crippen LogP contribution in [0, 0.1) is 0 Å². The maximum absolute atomic E-state index is 12.0. The highest BCUT2D eigenvalue weighted by molar-refractivity contribution is 6.00. The second-order valence-electron chi connectivity index (χ2n) is 9.20. The standard InChI is InChI=1S/C26H27N5O4/c1-26(2,16-32)23-22-19(17-8-9-21(27-15-17)30-10-12-35-13-11-30)14-20(25(33)34)28-24(22)31(29-23)18-6-4-3-5-7-18/h3-9,14-15,32H,10-13,16H2,1-2H3,(H,33,34). The Kier molecular flexibility index (Phi) is 5.96. The first-order valence-corrected chi connectivity index (χ1v) is 11.5. The Morgan fingerprint density at radius 3 is 2.49 bits per heavy atom. The summed E-state index contributed by atoms with van der Waals surface area (Å²) in [6, 6.07) is 14.9. The molecule has 1 aliphatic rings. The van der Waals surface area contributed by atoms with Crippen molar-refractivity contribution in [3.05, 3.63) is 66.1 Å². The number of hydrogen-bond donors (Lipinski definition) is 2. The number of hydrogen-bond acceptors (Lipinski definition) is 7. The second kappa shape index (κ2) is 9.09. The molecule has 0 bridgehead atoms. The lowest BCUT2D eigenvalue weighted by molar-refractivity contribution is 0.0691. The van der Waals surface area contributed by atoms with E-state index in [2.05, 4.69) is 14.9 Å². The molecule has 0 amide bonds. The molecule has 0 unspecified atom stereocenters. The van der Waals surface area contributed by atoms with Crippen LogP contribution in [0.5, 0.6) is 0 Å². The van der Waals surface area contributed by atoms with Gasteiger partial charge in [-0.2, -0.15) is 5.10 Å². The third-order valence-corrected chi connectivity index (χ3v) is 6.29. The number of pyridine rings is 2. The highest BCUT2D eigenvalue weighted by Crippen LogP contribution is 2.37. The number of fused-ring (bicyclic) bond motifs is 1. The fraction of sp³-hybridized carbons (Fsp3) is 0.308. The number of benzene rings is 1. The van der Waals surface area contributed by atoms with E-state index < -0.39 is 11.4 Å². The van der Waals surface area contributed by atoms with Crippen molar-refractivity contribution >= 4 is 22.8 Å². The number of aliphatic hydroxyl groups is 1. The van der Waals surface area contributed by atoms with Crippen molar-refractivity contribution in [1.82, 2.24) is 19.7 Å². The molecule has 1 aromatic carbocycles. The quantitative estimate of drug-likeness (QED) is 0.439. The summed E-state index contributed by atoms with van der Waals surface area (Å²) in [7, 11) is 0. The summed E-state index contributed by atoms with van der Waals surface area (Å²) in [6.45, 7) is 6.53. The Hall–Kier alpha value is -3.82. The predicted octanol–water partition coefficient (Wildman–Crippen LogP) is 3.29. The van der Waals surface area contributed by atoms with Gasteiger partial charge in [-0.1, -0.05) is 32.0 Å². The zero-order valence-corrected chi connectivity index (χ0v) is 19.7. The van der Waals surface area contributed by atoms with Gasteiger partial charge in [-0.05, 0) is 35.9 Å². The zero-order chi connectivity index (χ0) is 24.6. The highest BCUT2D eigenvalue weighted by Gasteiger charge is 2.30. The number of carboxylic acids is 1. The van der Waals surface area contributed by atoms with E-state index in [0.29, 0.717) is 35.5 Å². The van der Waals surface area contributed by atoms with Crippen molar-refractivity contribution < 1.29 is 19.7 Å². The summed E-state index contributed by atoms with van der Waals surface area (Å²) in [5, 5.41) is 25.5.